The highest BCUT2D eigenvalue weighted by Gasteiger charge is 2.24. The molecule has 2 amide bonds. The van der Waals surface area contributed by atoms with Gasteiger partial charge in [-0.15, -0.1) is 0 Å². The molecule has 0 spiro atoms. The second-order valence-electron chi connectivity index (χ2n) is 6.51. The highest BCUT2D eigenvalue weighted by molar-refractivity contribution is 6.00. The Morgan fingerprint density at radius 3 is 2.66 bits per heavy atom. The van der Waals surface area contributed by atoms with Gasteiger partial charge < -0.3 is 15.0 Å². The number of nitro groups is 1. The standard InChI is InChI=1S/C20H19N3O6/c1-13(19(25)21-16-8-2-3-9-17(16)23(27)28)29-20(26)14-6-4-7-15(12-14)22-11-5-10-18(22)24/h2-4,6-9,12-13H,5,10-11H2,1H3,(H,21,25)/t13-/m1/s1. The number of nitrogens with zero attached hydrogens (tertiary/aromatic N) is 2. The Balaban J connectivity index is 1.67. The highest BCUT2D eigenvalue weighted by atomic mass is 16.6. The number of carbonyl (C=O) groups excluding carboxylic acids is 3. The predicted molar refractivity (Wildman–Crippen MR) is 105 cm³/mol. The highest BCUT2D eigenvalue weighted by Crippen LogP contribution is 2.24. The lowest BCUT2D eigenvalue weighted by molar-refractivity contribution is -0.383. The van der Waals surface area contributed by atoms with E-state index in [9.17, 15) is 24.5 Å². The van der Waals surface area contributed by atoms with Crippen molar-refractivity contribution in [3.05, 3.63) is 64.2 Å². The first-order chi connectivity index (χ1) is 13.9. The van der Waals surface area contributed by atoms with Crippen molar-refractivity contribution in [2.45, 2.75) is 25.9 Å². The van der Waals surface area contributed by atoms with E-state index >= 15 is 0 Å². The van der Waals surface area contributed by atoms with E-state index in [2.05, 4.69) is 5.32 Å². The summed E-state index contributed by atoms with van der Waals surface area (Å²) in [5.74, 6) is -1.44. The van der Waals surface area contributed by atoms with Crippen LogP contribution >= 0.6 is 0 Å². The van der Waals surface area contributed by atoms with Gasteiger partial charge in [0.1, 0.15) is 5.69 Å². The Morgan fingerprint density at radius 1 is 1.21 bits per heavy atom. The number of anilines is 2. The summed E-state index contributed by atoms with van der Waals surface area (Å²) in [6.45, 7) is 1.96. The minimum absolute atomic E-state index is 0.00674. The van der Waals surface area contributed by atoms with Gasteiger partial charge in [0.05, 0.1) is 10.5 Å². The average molecular weight is 397 g/mol. The summed E-state index contributed by atoms with van der Waals surface area (Å²) in [4.78, 5) is 48.6. The molecule has 0 aromatic heterocycles. The van der Waals surface area contributed by atoms with Gasteiger partial charge in [-0.1, -0.05) is 18.2 Å². The molecule has 0 aliphatic carbocycles. The summed E-state index contributed by atoms with van der Waals surface area (Å²) in [6.07, 6.45) is 0.0489. The third-order valence-electron chi connectivity index (χ3n) is 4.48. The molecule has 1 heterocycles. The minimum atomic E-state index is -1.18. The molecule has 0 radical (unpaired) electrons. The summed E-state index contributed by atoms with van der Waals surface area (Å²) in [5, 5.41) is 13.4. The topological polar surface area (TPSA) is 119 Å². The molecule has 2 aromatic rings. The van der Waals surface area contributed by atoms with Crippen molar-refractivity contribution in [3.8, 4) is 0 Å². The van der Waals surface area contributed by atoms with Gasteiger partial charge in [0.25, 0.3) is 11.6 Å². The summed E-state index contributed by atoms with van der Waals surface area (Å²) >= 11 is 0. The van der Waals surface area contributed by atoms with Crippen LogP contribution in [0.15, 0.2) is 48.5 Å². The van der Waals surface area contributed by atoms with Crippen LogP contribution in [0, 0.1) is 10.1 Å². The predicted octanol–water partition coefficient (Wildman–Crippen LogP) is 2.91. The van der Waals surface area contributed by atoms with Crippen molar-refractivity contribution >= 4 is 34.8 Å². The van der Waals surface area contributed by atoms with Crippen molar-refractivity contribution in [3.63, 3.8) is 0 Å². The van der Waals surface area contributed by atoms with Crippen LogP contribution < -0.4 is 10.2 Å². The van der Waals surface area contributed by atoms with Gasteiger partial charge in [0.2, 0.25) is 5.91 Å². The van der Waals surface area contributed by atoms with Crippen molar-refractivity contribution in [2.24, 2.45) is 0 Å². The van der Waals surface area contributed by atoms with Gasteiger partial charge in [0.15, 0.2) is 6.10 Å². The number of hydrogen-bond donors (Lipinski definition) is 1. The number of amides is 2. The summed E-state index contributed by atoms with van der Waals surface area (Å²) in [7, 11) is 0. The zero-order valence-corrected chi connectivity index (χ0v) is 15.7. The van der Waals surface area contributed by atoms with Crippen LogP contribution in [0.2, 0.25) is 0 Å². The van der Waals surface area contributed by atoms with E-state index in [1.807, 2.05) is 0 Å². The number of hydrogen-bond acceptors (Lipinski definition) is 6. The van der Waals surface area contributed by atoms with Crippen LogP contribution in [0.25, 0.3) is 0 Å². The summed E-state index contributed by atoms with van der Waals surface area (Å²) in [6, 6.07) is 12.1. The molecule has 0 unspecified atom stereocenters. The number of ether oxygens (including phenoxy) is 1. The molecule has 9 nitrogen and oxygen atoms in total. The molecule has 1 aliphatic rings. The number of benzene rings is 2. The third kappa shape index (κ3) is 4.57. The number of carbonyl (C=O) groups is 3. The molecule has 150 valence electrons. The Hall–Kier alpha value is -3.75. The number of esters is 1. The van der Waals surface area contributed by atoms with E-state index in [1.165, 1.54) is 37.3 Å². The fourth-order valence-corrected chi connectivity index (χ4v) is 2.98. The van der Waals surface area contributed by atoms with Gasteiger partial charge >= 0.3 is 5.97 Å². The van der Waals surface area contributed by atoms with Crippen LogP contribution in [-0.4, -0.2) is 35.4 Å². The largest absolute Gasteiger partial charge is 0.449 e. The number of nitrogens with one attached hydrogen (secondary N) is 1. The quantitative estimate of drug-likeness (QED) is 0.455. The van der Waals surface area contributed by atoms with E-state index < -0.39 is 22.9 Å². The number of rotatable bonds is 6. The van der Waals surface area contributed by atoms with Gasteiger partial charge in [-0.05, 0) is 37.6 Å². The molecular weight excluding hydrogens is 378 g/mol. The first-order valence-electron chi connectivity index (χ1n) is 9.02. The minimum Gasteiger partial charge on any atom is -0.449 e. The first kappa shape index (κ1) is 20.0. The monoisotopic (exact) mass is 397 g/mol. The molecule has 0 bridgehead atoms. The summed E-state index contributed by atoms with van der Waals surface area (Å²) < 4.78 is 5.19. The SMILES string of the molecule is C[C@@H](OC(=O)c1cccc(N2CCCC2=O)c1)C(=O)Nc1ccccc1[N+](=O)[O-]. The lowest BCUT2D eigenvalue weighted by atomic mass is 10.2. The first-order valence-corrected chi connectivity index (χ1v) is 9.02. The Kier molecular flexibility index (Phi) is 5.87. The van der Waals surface area contributed by atoms with Crippen molar-refractivity contribution in [1.29, 1.82) is 0 Å². The normalized spacial score (nSPS) is 14.4. The zero-order chi connectivity index (χ0) is 21.0. The van der Waals surface area contributed by atoms with Crippen LogP contribution in [-0.2, 0) is 14.3 Å². The van der Waals surface area contributed by atoms with Crippen LogP contribution in [0.1, 0.15) is 30.1 Å². The second kappa shape index (κ2) is 8.51. The second-order valence-corrected chi connectivity index (χ2v) is 6.51. The van der Waals surface area contributed by atoms with E-state index in [0.717, 1.165) is 6.42 Å². The number of nitro benzene ring substituents is 1. The van der Waals surface area contributed by atoms with E-state index in [-0.39, 0.29) is 22.8 Å². The lowest BCUT2D eigenvalue weighted by Crippen LogP contribution is -2.30. The molecule has 1 N–H and O–H groups in total. The maximum atomic E-state index is 12.4. The molecule has 0 saturated carbocycles. The molecule has 1 saturated heterocycles. The van der Waals surface area contributed by atoms with Gasteiger partial charge in [0, 0.05) is 24.7 Å². The van der Waals surface area contributed by atoms with Crippen molar-refractivity contribution < 1.29 is 24.0 Å². The maximum Gasteiger partial charge on any atom is 0.338 e. The van der Waals surface area contributed by atoms with Crippen molar-refractivity contribution in [1.82, 2.24) is 0 Å². The molecule has 1 fully saturated rings. The average Bonchev–Trinajstić information content (AvgIpc) is 3.14. The van der Waals surface area contributed by atoms with E-state index in [4.69, 9.17) is 4.74 Å². The number of para-hydroxylation sites is 2. The molecule has 9 heteroatoms. The van der Waals surface area contributed by atoms with Crippen LogP contribution in [0.5, 0.6) is 0 Å². The molecule has 3 rings (SSSR count). The molecule has 1 aliphatic heterocycles. The van der Waals surface area contributed by atoms with Crippen LogP contribution in [0.4, 0.5) is 17.1 Å². The fourth-order valence-electron chi connectivity index (χ4n) is 2.98. The maximum absolute atomic E-state index is 12.4. The molecule has 1 atom stereocenters. The van der Waals surface area contributed by atoms with Gasteiger partial charge in [-0.3, -0.25) is 19.7 Å². The molecule has 2 aromatic carbocycles. The Labute approximate surface area is 166 Å². The van der Waals surface area contributed by atoms with E-state index in [0.29, 0.717) is 18.7 Å². The van der Waals surface area contributed by atoms with Gasteiger partial charge in [-0.25, -0.2) is 4.79 Å². The smallest absolute Gasteiger partial charge is 0.338 e. The third-order valence-corrected chi connectivity index (χ3v) is 4.48. The Bertz CT molecular complexity index is 974. The fraction of sp³-hybridized carbons (Fsp3) is 0.250. The molecular formula is C20H19N3O6. The summed E-state index contributed by atoms with van der Waals surface area (Å²) in [5.41, 5.74) is 0.550. The van der Waals surface area contributed by atoms with Gasteiger partial charge in [-0.2, -0.15) is 0 Å². The Morgan fingerprint density at radius 2 is 1.97 bits per heavy atom. The van der Waals surface area contributed by atoms with Crippen LogP contribution in [0.3, 0.4) is 0 Å². The molecule has 29 heavy (non-hydrogen) atoms. The van der Waals surface area contributed by atoms with Crippen molar-refractivity contribution in [2.75, 3.05) is 16.8 Å². The van der Waals surface area contributed by atoms with E-state index in [1.54, 1.807) is 23.1 Å². The lowest BCUT2D eigenvalue weighted by Gasteiger charge is -2.17. The zero-order valence-electron chi connectivity index (χ0n) is 15.7.